The molecule has 0 aromatic carbocycles. The summed E-state index contributed by atoms with van der Waals surface area (Å²) in [6.07, 6.45) is -3.44. The number of hydrogen-bond acceptors (Lipinski definition) is 2. The number of halogens is 4. The molecule has 1 aliphatic heterocycles. The third-order valence-corrected chi connectivity index (χ3v) is 2.64. The van der Waals surface area contributed by atoms with Crippen LogP contribution in [0.15, 0.2) is 0 Å². The van der Waals surface area contributed by atoms with Crippen molar-refractivity contribution in [3.05, 3.63) is 0 Å². The van der Waals surface area contributed by atoms with Gasteiger partial charge in [-0.15, -0.1) is 0 Å². The van der Waals surface area contributed by atoms with Gasteiger partial charge in [-0.05, 0) is 19.9 Å². The monoisotopic (exact) mass is 242 g/mol. The maximum absolute atomic E-state index is 12.9. The number of amides is 1. The molecule has 1 amide bonds. The van der Waals surface area contributed by atoms with Crippen LogP contribution in [0.25, 0.3) is 0 Å². The van der Waals surface area contributed by atoms with E-state index in [1.54, 1.807) is 0 Å². The van der Waals surface area contributed by atoms with Crippen LogP contribution in [0.5, 0.6) is 0 Å². The van der Waals surface area contributed by atoms with Gasteiger partial charge in [-0.25, -0.2) is 8.78 Å². The predicted octanol–water partition coefficient (Wildman–Crippen LogP) is 1.10. The van der Waals surface area contributed by atoms with Crippen LogP contribution in [-0.2, 0) is 4.79 Å². The first-order valence-electron chi connectivity index (χ1n) is 5.09. The van der Waals surface area contributed by atoms with E-state index in [0.717, 1.165) is 4.90 Å². The van der Waals surface area contributed by atoms with Crippen molar-refractivity contribution in [2.75, 3.05) is 19.6 Å². The van der Waals surface area contributed by atoms with Crippen molar-refractivity contribution in [1.82, 2.24) is 10.2 Å². The van der Waals surface area contributed by atoms with E-state index in [-0.39, 0.29) is 6.54 Å². The first-order valence-corrected chi connectivity index (χ1v) is 5.09. The highest BCUT2D eigenvalue weighted by Gasteiger charge is 2.52. The minimum Gasteiger partial charge on any atom is -0.333 e. The Morgan fingerprint density at radius 1 is 1.56 bits per heavy atom. The third-order valence-electron chi connectivity index (χ3n) is 2.64. The highest BCUT2D eigenvalue weighted by Crippen LogP contribution is 2.27. The van der Waals surface area contributed by atoms with Crippen LogP contribution < -0.4 is 5.32 Å². The van der Waals surface area contributed by atoms with Crippen molar-refractivity contribution in [1.29, 1.82) is 0 Å². The number of nitrogens with one attached hydrogen (secondary N) is 1. The fourth-order valence-electron chi connectivity index (χ4n) is 1.76. The molecule has 1 rings (SSSR count). The Morgan fingerprint density at radius 2 is 2.19 bits per heavy atom. The number of rotatable bonds is 4. The summed E-state index contributed by atoms with van der Waals surface area (Å²) in [5.74, 6) is -6.36. The Kier molecular flexibility index (Phi) is 4.12. The van der Waals surface area contributed by atoms with Gasteiger partial charge in [-0.2, -0.15) is 8.78 Å². The minimum atomic E-state index is -4.58. The van der Waals surface area contributed by atoms with Crippen LogP contribution in [0.4, 0.5) is 17.6 Å². The summed E-state index contributed by atoms with van der Waals surface area (Å²) in [6.45, 7) is 2.48. The molecule has 3 nitrogen and oxygen atoms in total. The molecule has 1 atom stereocenters. The first-order chi connectivity index (χ1) is 7.41. The molecule has 1 aliphatic rings. The zero-order valence-corrected chi connectivity index (χ0v) is 8.85. The fraction of sp³-hybridized carbons (Fsp3) is 0.889. The molecular weight excluding hydrogens is 228 g/mol. The van der Waals surface area contributed by atoms with E-state index in [0.29, 0.717) is 19.5 Å². The van der Waals surface area contributed by atoms with Crippen LogP contribution in [0.1, 0.15) is 13.3 Å². The molecule has 0 aliphatic carbocycles. The standard InChI is InChI=1S/C9H14F4N2O/c1-2-15(6-3-4-14-5-6)8(16)9(12,13)7(10)11/h6-7,14H,2-5H2,1H3. The third kappa shape index (κ3) is 2.45. The van der Waals surface area contributed by atoms with Gasteiger partial charge < -0.3 is 10.2 Å². The smallest absolute Gasteiger partial charge is 0.333 e. The second-order valence-corrected chi connectivity index (χ2v) is 3.66. The van der Waals surface area contributed by atoms with Crippen molar-refractivity contribution >= 4 is 5.91 Å². The Balaban J connectivity index is 2.76. The Labute approximate surface area is 90.8 Å². The number of carbonyl (C=O) groups is 1. The van der Waals surface area contributed by atoms with E-state index in [1.807, 2.05) is 0 Å². The zero-order valence-electron chi connectivity index (χ0n) is 8.85. The van der Waals surface area contributed by atoms with E-state index < -0.39 is 24.3 Å². The fourth-order valence-corrected chi connectivity index (χ4v) is 1.76. The first kappa shape index (κ1) is 13.2. The number of hydrogen-bond donors (Lipinski definition) is 1. The highest BCUT2D eigenvalue weighted by molar-refractivity contribution is 5.84. The number of alkyl halides is 4. The van der Waals surface area contributed by atoms with E-state index in [1.165, 1.54) is 6.92 Å². The molecule has 0 aromatic rings. The normalized spacial score (nSPS) is 21.5. The molecule has 0 radical (unpaired) electrons. The molecule has 0 spiro atoms. The Morgan fingerprint density at radius 3 is 2.56 bits per heavy atom. The van der Waals surface area contributed by atoms with Gasteiger partial charge in [-0.1, -0.05) is 0 Å². The van der Waals surface area contributed by atoms with Gasteiger partial charge in [0, 0.05) is 19.1 Å². The van der Waals surface area contributed by atoms with E-state index in [4.69, 9.17) is 0 Å². The quantitative estimate of drug-likeness (QED) is 0.749. The van der Waals surface area contributed by atoms with Gasteiger partial charge in [0.05, 0.1) is 0 Å². The number of nitrogens with zero attached hydrogens (tertiary/aromatic N) is 1. The minimum absolute atomic E-state index is 0.00743. The van der Waals surface area contributed by atoms with Gasteiger partial charge in [0.2, 0.25) is 0 Å². The van der Waals surface area contributed by atoms with E-state index >= 15 is 0 Å². The zero-order chi connectivity index (χ0) is 12.3. The van der Waals surface area contributed by atoms with E-state index in [9.17, 15) is 22.4 Å². The molecule has 0 aromatic heterocycles. The molecule has 1 N–H and O–H groups in total. The van der Waals surface area contributed by atoms with Gasteiger partial charge in [-0.3, -0.25) is 4.79 Å². The lowest BCUT2D eigenvalue weighted by Crippen LogP contribution is -2.52. The SMILES string of the molecule is CCN(C(=O)C(F)(F)C(F)F)C1CCNC1. The second-order valence-electron chi connectivity index (χ2n) is 3.66. The molecule has 0 bridgehead atoms. The lowest BCUT2D eigenvalue weighted by atomic mass is 10.2. The lowest BCUT2D eigenvalue weighted by molar-refractivity contribution is -0.182. The summed E-state index contributed by atoms with van der Waals surface area (Å²) >= 11 is 0. The molecule has 94 valence electrons. The Hall–Kier alpha value is -0.850. The summed E-state index contributed by atoms with van der Waals surface area (Å²) in [7, 11) is 0. The average molecular weight is 242 g/mol. The summed E-state index contributed by atoms with van der Waals surface area (Å²) in [5.41, 5.74) is 0. The largest absolute Gasteiger partial charge is 0.383 e. The maximum atomic E-state index is 12.9. The molecule has 0 saturated carbocycles. The summed E-state index contributed by atoms with van der Waals surface area (Å²) in [4.78, 5) is 12.1. The average Bonchev–Trinajstić information content (AvgIpc) is 2.71. The molecular formula is C9H14F4N2O. The number of likely N-dealkylation sites (N-methyl/N-ethyl adjacent to an activating group) is 1. The second kappa shape index (κ2) is 4.99. The van der Waals surface area contributed by atoms with Crippen molar-refractivity contribution in [2.24, 2.45) is 0 Å². The molecule has 1 fully saturated rings. The van der Waals surface area contributed by atoms with Crippen molar-refractivity contribution in [2.45, 2.75) is 31.7 Å². The topological polar surface area (TPSA) is 32.3 Å². The van der Waals surface area contributed by atoms with Crippen LogP contribution in [0, 0.1) is 0 Å². The van der Waals surface area contributed by atoms with Gasteiger partial charge in [0.1, 0.15) is 0 Å². The van der Waals surface area contributed by atoms with Crippen molar-refractivity contribution in [3.8, 4) is 0 Å². The number of carbonyl (C=O) groups excluding carboxylic acids is 1. The lowest BCUT2D eigenvalue weighted by Gasteiger charge is -2.30. The highest BCUT2D eigenvalue weighted by atomic mass is 19.3. The Bertz CT molecular complexity index is 254. The summed E-state index contributed by atoms with van der Waals surface area (Å²) < 4.78 is 49.8. The summed E-state index contributed by atoms with van der Waals surface area (Å²) in [6, 6.07) is -0.415. The van der Waals surface area contributed by atoms with Crippen molar-refractivity contribution < 1.29 is 22.4 Å². The van der Waals surface area contributed by atoms with Crippen LogP contribution in [-0.4, -0.2) is 48.8 Å². The molecule has 7 heteroatoms. The summed E-state index contributed by atoms with van der Waals surface area (Å²) in [5, 5.41) is 2.90. The predicted molar refractivity (Wildman–Crippen MR) is 49.6 cm³/mol. The van der Waals surface area contributed by atoms with Crippen LogP contribution in [0.3, 0.4) is 0 Å². The van der Waals surface area contributed by atoms with Gasteiger partial charge >= 0.3 is 12.3 Å². The molecule has 1 saturated heterocycles. The van der Waals surface area contributed by atoms with Gasteiger partial charge in [0.15, 0.2) is 0 Å². The van der Waals surface area contributed by atoms with Gasteiger partial charge in [0.25, 0.3) is 5.91 Å². The molecule has 16 heavy (non-hydrogen) atoms. The molecule has 1 heterocycles. The maximum Gasteiger partial charge on any atom is 0.383 e. The van der Waals surface area contributed by atoms with E-state index in [2.05, 4.69) is 5.32 Å². The van der Waals surface area contributed by atoms with Crippen LogP contribution >= 0.6 is 0 Å². The van der Waals surface area contributed by atoms with Crippen molar-refractivity contribution in [3.63, 3.8) is 0 Å². The molecule has 1 unspecified atom stereocenters. The van der Waals surface area contributed by atoms with Crippen LogP contribution in [0.2, 0.25) is 0 Å².